The van der Waals surface area contributed by atoms with Crippen LogP contribution in [0, 0.1) is 19.7 Å². The van der Waals surface area contributed by atoms with Gasteiger partial charge in [-0.3, -0.25) is 0 Å². The van der Waals surface area contributed by atoms with Gasteiger partial charge in [0.25, 0.3) is 0 Å². The molecule has 2 aliphatic rings. The van der Waals surface area contributed by atoms with Gasteiger partial charge in [0.2, 0.25) is 11.6 Å². The van der Waals surface area contributed by atoms with E-state index in [-0.39, 0.29) is 17.5 Å². The monoisotopic (exact) mass is 621 g/mol. The standard InChI is InChI=1S/C36H20FN5OS2/c1-19-16-28(42-26-7-3-5-9-29(26)43-30-10-6-4-8-27(30)42)20(2)15-24(19)21-11-12-22-31-23(13-14-25(37)32(21)31)34-33(22)40-35(38-17-44)36(41-34)39-18-45/h3-16H,1-2H3. The summed E-state index contributed by atoms with van der Waals surface area (Å²) in [5.74, 6) is 1.60. The topological polar surface area (TPSA) is 63.0 Å². The minimum absolute atomic E-state index is 0.180. The van der Waals surface area contributed by atoms with Crippen LogP contribution in [-0.2, 0) is 0 Å². The molecule has 8 rings (SSSR count). The van der Waals surface area contributed by atoms with Crippen molar-refractivity contribution in [2.45, 2.75) is 13.8 Å². The van der Waals surface area contributed by atoms with Gasteiger partial charge < -0.3 is 9.64 Å². The molecule has 2 heterocycles. The first-order valence-corrected chi connectivity index (χ1v) is 14.9. The highest BCUT2D eigenvalue weighted by atomic mass is 32.1. The summed E-state index contributed by atoms with van der Waals surface area (Å²) in [6.07, 6.45) is 0. The fraction of sp³-hybridized carbons (Fsp3) is 0.0556. The van der Waals surface area contributed by atoms with Crippen molar-refractivity contribution in [1.29, 1.82) is 0 Å². The van der Waals surface area contributed by atoms with Crippen molar-refractivity contribution in [3.8, 4) is 45.1 Å². The SMILES string of the molecule is Cc1cc(N2c3ccccc3Oc3ccccc32)c(C)cc1-c1ccc2c3c(ccc(F)c13)-c1nc(N=C=S)c(N=C=S)nc1-2. The number of anilines is 3. The van der Waals surface area contributed by atoms with Crippen LogP contribution in [0.25, 0.3) is 44.4 Å². The number of thiocarbonyl (C=S) groups is 2. The molecule has 45 heavy (non-hydrogen) atoms. The highest BCUT2D eigenvalue weighted by Gasteiger charge is 2.30. The van der Waals surface area contributed by atoms with Gasteiger partial charge in [0.1, 0.15) is 5.82 Å². The molecule has 0 fully saturated rings. The second-order valence-corrected chi connectivity index (χ2v) is 11.2. The Hall–Kier alpha value is -5.43. The summed E-state index contributed by atoms with van der Waals surface area (Å²) in [7, 11) is 0. The summed E-state index contributed by atoms with van der Waals surface area (Å²) in [4.78, 5) is 19.7. The number of para-hydroxylation sites is 4. The maximum absolute atomic E-state index is 15.9. The van der Waals surface area contributed by atoms with E-state index in [0.717, 1.165) is 67.3 Å². The van der Waals surface area contributed by atoms with E-state index in [4.69, 9.17) is 29.2 Å². The average molecular weight is 622 g/mol. The molecule has 6 aromatic rings. The number of aromatic nitrogens is 2. The molecule has 5 aromatic carbocycles. The van der Waals surface area contributed by atoms with E-state index < -0.39 is 0 Å². The van der Waals surface area contributed by atoms with E-state index in [1.807, 2.05) is 48.5 Å². The quantitative estimate of drug-likeness (QED) is 0.144. The molecule has 1 aliphatic carbocycles. The molecule has 0 bridgehead atoms. The van der Waals surface area contributed by atoms with Crippen molar-refractivity contribution in [1.82, 2.24) is 9.97 Å². The Morgan fingerprint density at radius 2 is 1.20 bits per heavy atom. The van der Waals surface area contributed by atoms with Gasteiger partial charge in [-0.1, -0.05) is 36.4 Å². The van der Waals surface area contributed by atoms with Crippen LogP contribution in [0.1, 0.15) is 11.1 Å². The minimum Gasteiger partial charge on any atom is -0.453 e. The highest BCUT2D eigenvalue weighted by molar-refractivity contribution is 7.78. The van der Waals surface area contributed by atoms with Crippen molar-refractivity contribution in [3.05, 3.63) is 102 Å². The Morgan fingerprint density at radius 1 is 0.644 bits per heavy atom. The number of rotatable bonds is 4. The number of hydrogen-bond donors (Lipinski definition) is 0. The van der Waals surface area contributed by atoms with Gasteiger partial charge in [-0.15, -0.1) is 0 Å². The molecule has 1 aliphatic heterocycles. The second kappa shape index (κ2) is 10.3. The minimum atomic E-state index is -0.329. The lowest BCUT2D eigenvalue weighted by atomic mass is 9.90. The van der Waals surface area contributed by atoms with Crippen molar-refractivity contribution < 1.29 is 9.13 Å². The summed E-state index contributed by atoms with van der Waals surface area (Å²) >= 11 is 9.62. The summed E-state index contributed by atoms with van der Waals surface area (Å²) in [5.41, 5.74) is 9.35. The van der Waals surface area contributed by atoms with Crippen LogP contribution < -0.4 is 9.64 Å². The highest BCUT2D eigenvalue weighted by Crippen LogP contribution is 2.53. The van der Waals surface area contributed by atoms with Gasteiger partial charge in [-0.05, 0) is 109 Å². The van der Waals surface area contributed by atoms with Crippen molar-refractivity contribution in [2.24, 2.45) is 9.98 Å². The summed E-state index contributed by atoms with van der Waals surface area (Å²) in [6.45, 7) is 4.14. The van der Waals surface area contributed by atoms with E-state index in [9.17, 15) is 0 Å². The third-order valence-corrected chi connectivity index (χ3v) is 8.47. The molecule has 0 atom stereocenters. The Bertz CT molecular complexity index is 2280. The van der Waals surface area contributed by atoms with Gasteiger partial charge in [0.15, 0.2) is 11.5 Å². The lowest BCUT2D eigenvalue weighted by molar-refractivity contribution is 0.477. The number of nitrogens with zero attached hydrogens (tertiary/aromatic N) is 5. The van der Waals surface area contributed by atoms with Crippen LogP contribution >= 0.6 is 24.4 Å². The Labute approximate surface area is 268 Å². The fourth-order valence-corrected chi connectivity index (χ4v) is 6.57. The Balaban J connectivity index is 1.33. The smallest absolute Gasteiger partial charge is 0.209 e. The van der Waals surface area contributed by atoms with E-state index in [1.54, 1.807) is 6.07 Å². The maximum atomic E-state index is 15.9. The predicted octanol–water partition coefficient (Wildman–Crippen LogP) is 10.7. The zero-order valence-corrected chi connectivity index (χ0v) is 25.6. The van der Waals surface area contributed by atoms with Crippen LogP contribution in [-0.4, -0.2) is 20.3 Å². The van der Waals surface area contributed by atoms with Crippen LogP contribution in [0.15, 0.2) is 94.9 Å². The molecule has 9 heteroatoms. The zero-order chi connectivity index (χ0) is 30.8. The molecule has 0 saturated heterocycles. The van der Waals surface area contributed by atoms with E-state index in [1.165, 1.54) is 6.07 Å². The number of fused-ring (bicyclic) bond motifs is 5. The molecule has 0 radical (unpaired) electrons. The van der Waals surface area contributed by atoms with Gasteiger partial charge in [0, 0.05) is 27.6 Å². The Morgan fingerprint density at radius 3 is 1.80 bits per heavy atom. The number of halogens is 1. The summed E-state index contributed by atoms with van der Waals surface area (Å²) in [5, 5.41) is 5.89. The molecular formula is C36H20FN5OS2. The van der Waals surface area contributed by atoms with Crippen LogP contribution in [0.3, 0.4) is 0 Å². The summed E-state index contributed by atoms with van der Waals surface area (Å²) in [6, 6.07) is 27.4. The molecule has 0 saturated carbocycles. The van der Waals surface area contributed by atoms with Crippen molar-refractivity contribution >= 4 is 74.2 Å². The summed E-state index contributed by atoms with van der Waals surface area (Å²) < 4.78 is 22.2. The van der Waals surface area contributed by atoms with Crippen LogP contribution in [0.2, 0.25) is 0 Å². The van der Waals surface area contributed by atoms with Gasteiger partial charge in [-0.2, -0.15) is 9.98 Å². The molecule has 6 nitrogen and oxygen atoms in total. The van der Waals surface area contributed by atoms with E-state index in [0.29, 0.717) is 16.8 Å². The van der Waals surface area contributed by atoms with Gasteiger partial charge >= 0.3 is 0 Å². The largest absolute Gasteiger partial charge is 0.453 e. The molecule has 0 amide bonds. The van der Waals surface area contributed by atoms with E-state index in [2.05, 4.69) is 73.3 Å². The predicted molar refractivity (Wildman–Crippen MR) is 183 cm³/mol. The third-order valence-electron chi connectivity index (χ3n) is 8.29. The molecule has 0 unspecified atom stereocenters. The van der Waals surface area contributed by atoms with Crippen molar-refractivity contribution in [2.75, 3.05) is 4.90 Å². The molecule has 1 aromatic heterocycles. The third kappa shape index (κ3) is 4.07. The van der Waals surface area contributed by atoms with Crippen LogP contribution in [0.4, 0.5) is 33.1 Å². The number of aliphatic imine (C=N–C) groups is 2. The number of benzene rings is 5. The van der Waals surface area contributed by atoms with Crippen LogP contribution in [0.5, 0.6) is 11.5 Å². The first-order valence-electron chi connectivity index (χ1n) is 14.1. The lowest BCUT2D eigenvalue weighted by Gasteiger charge is -2.34. The number of ether oxygens (including phenoxy) is 1. The van der Waals surface area contributed by atoms with Gasteiger partial charge in [0.05, 0.1) is 33.1 Å². The normalized spacial score (nSPS) is 12.0. The number of isothiocyanates is 2. The number of aryl methyl sites for hydroxylation is 2. The second-order valence-electron chi connectivity index (χ2n) is 10.8. The Kier molecular flexibility index (Phi) is 6.24. The van der Waals surface area contributed by atoms with E-state index >= 15 is 4.39 Å². The first-order chi connectivity index (χ1) is 22.0. The molecule has 0 N–H and O–H groups in total. The van der Waals surface area contributed by atoms with Gasteiger partial charge in [-0.25, -0.2) is 14.4 Å². The molecule has 214 valence electrons. The number of hydrogen-bond acceptors (Lipinski definition) is 8. The maximum Gasteiger partial charge on any atom is 0.209 e. The molecular weight excluding hydrogens is 602 g/mol. The lowest BCUT2D eigenvalue weighted by Crippen LogP contribution is -2.16. The molecule has 0 spiro atoms. The average Bonchev–Trinajstić information content (AvgIpc) is 3.36. The zero-order valence-electron chi connectivity index (χ0n) is 23.9. The van der Waals surface area contributed by atoms with Crippen molar-refractivity contribution in [3.63, 3.8) is 0 Å². The first kappa shape index (κ1) is 27.1. The fourth-order valence-electron chi connectivity index (χ4n) is 6.40.